The third-order valence-electron chi connectivity index (χ3n) is 9.82. The number of hydrogen-bond acceptors (Lipinski definition) is 4. The average Bonchev–Trinajstić information content (AvgIpc) is 3.13. The van der Waals surface area contributed by atoms with E-state index in [1.165, 1.54) is 62.7 Å². The summed E-state index contributed by atoms with van der Waals surface area (Å²) in [6.45, 7) is 19.6. The Hall–Kier alpha value is -3.47. The summed E-state index contributed by atoms with van der Waals surface area (Å²) in [6, 6.07) is 24.2. The fourth-order valence-electron chi connectivity index (χ4n) is 6.69. The van der Waals surface area contributed by atoms with E-state index in [1.807, 2.05) is 6.07 Å². The van der Waals surface area contributed by atoms with Gasteiger partial charge in [-0.25, -0.2) is 4.79 Å². The van der Waals surface area contributed by atoms with Gasteiger partial charge in [0.05, 0.1) is 5.56 Å². The number of aromatic carboxylic acids is 1. The Bertz CT molecular complexity index is 1250. The van der Waals surface area contributed by atoms with Crippen LogP contribution in [0.4, 0.5) is 17.1 Å². The first-order valence-electron chi connectivity index (χ1n) is 19.7. The van der Waals surface area contributed by atoms with Crippen molar-refractivity contribution in [1.82, 2.24) is 0 Å². The Balaban J connectivity index is 2.13. The summed E-state index contributed by atoms with van der Waals surface area (Å²) in [6.07, 6.45) is 13.8. The first kappa shape index (κ1) is 40.0. The summed E-state index contributed by atoms with van der Waals surface area (Å²) >= 11 is 0. The molecule has 0 fully saturated rings. The van der Waals surface area contributed by atoms with Crippen LogP contribution in [0.15, 0.2) is 66.7 Å². The Morgan fingerprint density at radius 1 is 0.490 bits per heavy atom. The maximum Gasteiger partial charge on any atom is 0.336 e. The Morgan fingerprint density at radius 2 is 0.796 bits per heavy atom. The normalized spacial score (nSPS) is 11.2. The monoisotopic (exact) mass is 670 g/mol. The molecule has 0 amide bonds. The lowest BCUT2D eigenvalue weighted by Crippen LogP contribution is -2.26. The highest BCUT2D eigenvalue weighted by atomic mass is 16.4. The molecule has 0 spiro atoms. The zero-order valence-corrected chi connectivity index (χ0v) is 31.9. The van der Waals surface area contributed by atoms with Gasteiger partial charge in [-0.2, -0.15) is 0 Å². The third kappa shape index (κ3) is 12.1. The van der Waals surface area contributed by atoms with Crippen LogP contribution < -0.4 is 14.7 Å². The second-order valence-corrected chi connectivity index (χ2v) is 13.8. The number of unbranched alkanes of at least 4 members (excludes halogenated alkanes) is 6. The van der Waals surface area contributed by atoms with Crippen molar-refractivity contribution in [1.29, 1.82) is 0 Å². The molecule has 0 saturated heterocycles. The smallest absolute Gasteiger partial charge is 0.336 e. The summed E-state index contributed by atoms with van der Waals surface area (Å²) in [5.74, 6) is -1.06. The van der Waals surface area contributed by atoms with Crippen LogP contribution in [0.1, 0.15) is 152 Å². The molecule has 0 unspecified atom stereocenters. The number of carbonyl (C=O) groups is 1. The van der Waals surface area contributed by atoms with Gasteiger partial charge in [-0.3, -0.25) is 0 Å². The van der Waals surface area contributed by atoms with Crippen molar-refractivity contribution in [2.45, 2.75) is 125 Å². The summed E-state index contributed by atoms with van der Waals surface area (Å²) < 4.78 is 0. The number of rotatable bonds is 25. The molecule has 3 aromatic carbocycles. The van der Waals surface area contributed by atoms with E-state index in [2.05, 4.69) is 117 Å². The van der Waals surface area contributed by atoms with Crippen molar-refractivity contribution in [3.8, 4) is 0 Å². The van der Waals surface area contributed by atoms with Crippen molar-refractivity contribution >= 4 is 23.0 Å². The fraction of sp³-hybridized carbons (Fsp3) is 0.568. The minimum Gasteiger partial charge on any atom is -0.478 e. The number of hydrogen-bond donors (Lipinski definition) is 1. The molecule has 0 aliphatic rings. The minimum atomic E-state index is -0.864. The second kappa shape index (κ2) is 22.3. The van der Waals surface area contributed by atoms with Crippen LogP contribution in [0.3, 0.4) is 0 Å². The minimum absolute atomic E-state index is 0.192. The van der Waals surface area contributed by atoms with E-state index < -0.39 is 5.97 Å². The quantitative estimate of drug-likeness (QED) is 0.0910. The Morgan fingerprint density at radius 3 is 1.10 bits per heavy atom. The molecule has 3 rings (SSSR count). The third-order valence-corrected chi connectivity index (χ3v) is 9.82. The number of nitrogens with zero attached hydrogens (tertiary/aromatic N) is 3. The second-order valence-electron chi connectivity index (χ2n) is 13.8. The van der Waals surface area contributed by atoms with Crippen molar-refractivity contribution in [2.24, 2.45) is 0 Å². The maximum atomic E-state index is 13.0. The largest absolute Gasteiger partial charge is 0.478 e. The van der Waals surface area contributed by atoms with E-state index in [0.29, 0.717) is 5.56 Å². The number of benzene rings is 3. The van der Waals surface area contributed by atoms with E-state index in [-0.39, 0.29) is 5.92 Å². The van der Waals surface area contributed by atoms with Gasteiger partial charge in [-0.05, 0) is 91.6 Å². The molecule has 49 heavy (non-hydrogen) atoms. The van der Waals surface area contributed by atoms with Crippen molar-refractivity contribution < 1.29 is 9.90 Å². The summed E-state index contributed by atoms with van der Waals surface area (Å²) in [7, 11) is 0. The van der Waals surface area contributed by atoms with E-state index in [4.69, 9.17) is 0 Å². The van der Waals surface area contributed by atoms with Crippen LogP contribution in [-0.4, -0.2) is 50.3 Å². The number of carboxylic acid groups (broad SMARTS) is 1. The van der Waals surface area contributed by atoms with Gasteiger partial charge >= 0.3 is 5.97 Å². The van der Waals surface area contributed by atoms with Crippen LogP contribution in [0.25, 0.3) is 0 Å². The lowest BCUT2D eigenvalue weighted by atomic mass is 9.82. The summed E-state index contributed by atoms with van der Waals surface area (Å²) in [5.41, 5.74) is 7.01. The SMILES string of the molecule is CCCCN(CCCC)c1ccc(C(c2ccc(N(CCCC)CCCC)cc2)c2ccc(N(CCCC)CCCC)cc2C(=O)O)cc1. The predicted molar refractivity (Wildman–Crippen MR) is 213 cm³/mol. The van der Waals surface area contributed by atoms with Crippen molar-refractivity contribution in [3.05, 3.63) is 89.0 Å². The van der Waals surface area contributed by atoms with Crippen LogP contribution in [0.5, 0.6) is 0 Å². The standard InChI is InChI=1S/C44H67N3O2/c1-7-13-29-45(30-14-8-2)38-23-19-36(20-24-38)43(37-21-25-39(26-22-37)46(31-15-9-3)32-16-10-4)41-28-27-40(35-42(41)44(48)49)47(33-17-11-5)34-18-12-6/h19-28,35,43H,7-18,29-34H2,1-6H3,(H,48,49). The Kier molecular flexibility index (Phi) is 18.2. The molecule has 0 aromatic heterocycles. The number of carboxylic acids is 1. The van der Waals surface area contributed by atoms with Gasteiger partial charge < -0.3 is 19.8 Å². The molecule has 1 N–H and O–H groups in total. The van der Waals surface area contributed by atoms with E-state index in [1.54, 1.807) is 0 Å². The summed E-state index contributed by atoms with van der Waals surface area (Å²) in [4.78, 5) is 20.5. The van der Waals surface area contributed by atoms with Crippen LogP contribution in [0, 0.1) is 0 Å². The highest BCUT2D eigenvalue weighted by Crippen LogP contribution is 2.37. The lowest BCUT2D eigenvalue weighted by molar-refractivity contribution is 0.0695. The van der Waals surface area contributed by atoms with Crippen LogP contribution in [-0.2, 0) is 0 Å². The van der Waals surface area contributed by atoms with E-state index in [0.717, 1.165) is 87.3 Å². The fourth-order valence-corrected chi connectivity index (χ4v) is 6.69. The van der Waals surface area contributed by atoms with Crippen molar-refractivity contribution in [3.63, 3.8) is 0 Å². The van der Waals surface area contributed by atoms with Crippen LogP contribution >= 0.6 is 0 Å². The van der Waals surface area contributed by atoms with Gasteiger partial charge in [0.1, 0.15) is 0 Å². The molecule has 3 aromatic rings. The van der Waals surface area contributed by atoms with Gasteiger partial charge in [0.2, 0.25) is 0 Å². The molecule has 0 heterocycles. The number of anilines is 3. The molecule has 5 heteroatoms. The van der Waals surface area contributed by atoms with Gasteiger partial charge in [0, 0.05) is 62.2 Å². The van der Waals surface area contributed by atoms with E-state index in [9.17, 15) is 9.90 Å². The molecular formula is C44H67N3O2. The van der Waals surface area contributed by atoms with Crippen molar-refractivity contribution in [2.75, 3.05) is 54.0 Å². The molecule has 0 radical (unpaired) electrons. The van der Waals surface area contributed by atoms with Crippen LogP contribution in [0.2, 0.25) is 0 Å². The Labute approximate surface area is 299 Å². The maximum absolute atomic E-state index is 13.0. The summed E-state index contributed by atoms with van der Waals surface area (Å²) in [5, 5.41) is 10.7. The molecule has 0 aliphatic heterocycles. The topological polar surface area (TPSA) is 47.0 Å². The molecule has 0 bridgehead atoms. The highest BCUT2D eigenvalue weighted by Gasteiger charge is 2.25. The first-order valence-corrected chi connectivity index (χ1v) is 19.7. The molecule has 0 atom stereocenters. The van der Waals surface area contributed by atoms with Gasteiger partial charge in [-0.15, -0.1) is 0 Å². The average molecular weight is 670 g/mol. The highest BCUT2D eigenvalue weighted by molar-refractivity contribution is 5.91. The molecule has 5 nitrogen and oxygen atoms in total. The molecule has 0 aliphatic carbocycles. The zero-order valence-electron chi connectivity index (χ0n) is 31.9. The molecular weight excluding hydrogens is 603 g/mol. The first-order chi connectivity index (χ1) is 23.9. The predicted octanol–water partition coefficient (Wildman–Crippen LogP) is 11.8. The lowest BCUT2D eigenvalue weighted by Gasteiger charge is -2.28. The van der Waals surface area contributed by atoms with Gasteiger partial charge in [0.25, 0.3) is 0 Å². The zero-order chi connectivity index (χ0) is 35.4. The molecule has 0 saturated carbocycles. The molecule has 270 valence electrons. The van der Waals surface area contributed by atoms with Gasteiger partial charge in [-0.1, -0.05) is 110 Å². The van der Waals surface area contributed by atoms with E-state index >= 15 is 0 Å². The van der Waals surface area contributed by atoms with Gasteiger partial charge in [0.15, 0.2) is 0 Å².